The maximum atomic E-state index is 13.3. The van der Waals surface area contributed by atoms with Gasteiger partial charge in [-0.25, -0.2) is 0 Å². The second-order valence-corrected chi connectivity index (χ2v) is 6.83. The maximum Gasteiger partial charge on any atom is 0.254 e. The topological polar surface area (TPSA) is 38.8 Å². The third-order valence-electron chi connectivity index (χ3n) is 5.31. The summed E-state index contributed by atoms with van der Waals surface area (Å²) in [7, 11) is 3.29. The fourth-order valence-corrected chi connectivity index (χ4v) is 3.92. The summed E-state index contributed by atoms with van der Waals surface area (Å²) >= 11 is 0. The van der Waals surface area contributed by atoms with Gasteiger partial charge in [-0.2, -0.15) is 0 Å². The molecule has 1 heterocycles. The molecule has 138 valence electrons. The van der Waals surface area contributed by atoms with Crippen molar-refractivity contribution in [1.29, 1.82) is 0 Å². The normalized spacial score (nSPS) is 16.5. The van der Waals surface area contributed by atoms with Gasteiger partial charge in [0, 0.05) is 23.7 Å². The van der Waals surface area contributed by atoms with Gasteiger partial charge in [0.1, 0.15) is 11.5 Å². The molecule has 0 bridgehead atoms. The highest BCUT2D eigenvalue weighted by molar-refractivity contribution is 5.99. The molecule has 3 aromatic rings. The Balaban J connectivity index is 1.67. The minimum absolute atomic E-state index is 0.0184. The van der Waals surface area contributed by atoms with E-state index in [1.54, 1.807) is 14.2 Å². The Morgan fingerprint density at radius 1 is 0.963 bits per heavy atom. The Hall–Kier alpha value is -3.01. The van der Waals surface area contributed by atoms with Crippen molar-refractivity contribution < 1.29 is 14.3 Å². The molecule has 1 aliphatic rings. The van der Waals surface area contributed by atoms with E-state index in [0.29, 0.717) is 0 Å². The molecule has 4 heteroatoms. The Morgan fingerprint density at radius 2 is 1.78 bits per heavy atom. The van der Waals surface area contributed by atoms with Gasteiger partial charge in [-0.3, -0.25) is 4.79 Å². The number of carbonyl (C=O) groups excluding carboxylic acids is 1. The Kier molecular flexibility index (Phi) is 4.71. The first kappa shape index (κ1) is 17.4. The van der Waals surface area contributed by atoms with Crippen molar-refractivity contribution >= 4 is 16.7 Å². The van der Waals surface area contributed by atoms with Crippen molar-refractivity contribution in [2.75, 3.05) is 20.8 Å². The standard InChI is InChI=1S/C23H23NO3/c1-26-19-11-12-20(22(15-19)27-2)21-8-5-13-24(21)23(25)18-10-9-16-6-3-4-7-17(16)14-18/h3-4,6-7,9-12,14-15,21H,5,8,13H2,1-2H3. The molecule has 0 aromatic heterocycles. The van der Waals surface area contributed by atoms with Gasteiger partial charge in [0.25, 0.3) is 5.91 Å². The van der Waals surface area contributed by atoms with Crippen LogP contribution in [0.4, 0.5) is 0 Å². The van der Waals surface area contributed by atoms with Crippen LogP contribution in [-0.2, 0) is 0 Å². The predicted molar refractivity (Wildman–Crippen MR) is 107 cm³/mol. The molecule has 1 fully saturated rings. The quantitative estimate of drug-likeness (QED) is 0.668. The average Bonchev–Trinajstić information content (AvgIpc) is 3.21. The molecule has 0 spiro atoms. The fraction of sp³-hybridized carbons (Fsp3) is 0.261. The number of amides is 1. The number of hydrogen-bond acceptors (Lipinski definition) is 3. The highest BCUT2D eigenvalue weighted by atomic mass is 16.5. The van der Waals surface area contributed by atoms with Crippen molar-refractivity contribution in [3.63, 3.8) is 0 Å². The molecular formula is C23H23NO3. The molecule has 27 heavy (non-hydrogen) atoms. The lowest BCUT2D eigenvalue weighted by Gasteiger charge is -2.27. The number of likely N-dealkylation sites (tertiary alicyclic amines) is 1. The van der Waals surface area contributed by atoms with Crippen LogP contribution < -0.4 is 9.47 Å². The van der Waals surface area contributed by atoms with E-state index < -0.39 is 0 Å². The highest BCUT2D eigenvalue weighted by Gasteiger charge is 2.32. The molecule has 0 saturated carbocycles. The number of benzene rings is 3. The molecule has 3 aromatic carbocycles. The third-order valence-corrected chi connectivity index (χ3v) is 5.31. The minimum atomic E-state index is 0.0184. The Labute approximate surface area is 159 Å². The summed E-state index contributed by atoms with van der Waals surface area (Å²) in [5.41, 5.74) is 1.76. The number of carbonyl (C=O) groups is 1. The molecular weight excluding hydrogens is 338 g/mol. The zero-order valence-electron chi connectivity index (χ0n) is 15.6. The second kappa shape index (κ2) is 7.31. The first-order valence-electron chi connectivity index (χ1n) is 9.23. The van der Waals surface area contributed by atoms with Crippen molar-refractivity contribution in [3.05, 3.63) is 71.8 Å². The summed E-state index contributed by atoms with van der Waals surface area (Å²) in [6.07, 6.45) is 1.92. The van der Waals surface area contributed by atoms with Gasteiger partial charge in [-0.1, -0.05) is 30.3 Å². The van der Waals surface area contributed by atoms with E-state index in [-0.39, 0.29) is 11.9 Å². The van der Waals surface area contributed by atoms with Gasteiger partial charge in [0.05, 0.1) is 20.3 Å². The maximum absolute atomic E-state index is 13.3. The smallest absolute Gasteiger partial charge is 0.254 e. The zero-order valence-corrected chi connectivity index (χ0v) is 15.6. The van der Waals surface area contributed by atoms with E-state index in [1.165, 1.54) is 0 Å². The minimum Gasteiger partial charge on any atom is -0.497 e. The number of hydrogen-bond donors (Lipinski definition) is 0. The number of methoxy groups -OCH3 is 2. The first-order valence-corrected chi connectivity index (χ1v) is 9.23. The van der Waals surface area contributed by atoms with Crippen molar-refractivity contribution in [2.24, 2.45) is 0 Å². The SMILES string of the molecule is COc1ccc(C2CCCN2C(=O)c2ccc3ccccc3c2)c(OC)c1. The largest absolute Gasteiger partial charge is 0.497 e. The van der Waals surface area contributed by atoms with Gasteiger partial charge in [-0.05, 0) is 47.9 Å². The van der Waals surface area contributed by atoms with E-state index in [1.807, 2.05) is 59.5 Å². The van der Waals surface area contributed by atoms with Crippen LogP contribution in [0.15, 0.2) is 60.7 Å². The van der Waals surface area contributed by atoms with Gasteiger partial charge >= 0.3 is 0 Å². The van der Waals surface area contributed by atoms with Crippen molar-refractivity contribution in [1.82, 2.24) is 4.90 Å². The lowest BCUT2D eigenvalue weighted by atomic mass is 10.0. The Bertz CT molecular complexity index is 982. The van der Waals surface area contributed by atoms with Crippen LogP contribution in [0, 0.1) is 0 Å². The Morgan fingerprint density at radius 3 is 2.56 bits per heavy atom. The van der Waals surface area contributed by atoms with Crippen molar-refractivity contribution in [3.8, 4) is 11.5 Å². The van der Waals surface area contributed by atoms with Crippen LogP contribution in [0.5, 0.6) is 11.5 Å². The van der Waals surface area contributed by atoms with Crippen molar-refractivity contribution in [2.45, 2.75) is 18.9 Å². The van der Waals surface area contributed by atoms with Crippen LogP contribution in [0.25, 0.3) is 10.8 Å². The van der Waals surface area contributed by atoms with Gasteiger partial charge in [0.15, 0.2) is 0 Å². The molecule has 1 unspecified atom stereocenters. The molecule has 1 amide bonds. The monoisotopic (exact) mass is 361 g/mol. The molecule has 0 N–H and O–H groups in total. The molecule has 4 nitrogen and oxygen atoms in total. The first-order chi connectivity index (χ1) is 13.2. The van der Waals surface area contributed by atoms with E-state index in [2.05, 4.69) is 6.07 Å². The summed E-state index contributed by atoms with van der Waals surface area (Å²) in [5.74, 6) is 1.58. The summed E-state index contributed by atoms with van der Waals surface area (Å²) in [4.78, 5) is 15.2. The predicted octanol–water partition coefficient (Wildman–Crippen LogP) is 4.83. The number of fused-ring (bicyclic) bond motifs is 1. The molecule has 0 radical (unpaired) electrons. The fourth-order valence-electron chi connectivity index (χ4n) is 3.92. The lowest BCUT2D eigenvalue weighted by Crippen LogP contribution is -2.30. The number of nitrogens with zero attached hydrogens (tertiary/aromatic N) is 1. The van der Waals surface area contributed by atoms with E-state index >= 15 is 0 Å². The average molecular weight is 361 g/mol. The highest BCUT2D eigenvalue weighted by Crippen LogP contribution is 2.39. The molecule has 4 rings (SSSR count). The number of ether oxygens (including phenoxy) is 2. The van der Waals surface area contributed by atoms with E-state index in [4.69, 9.17) is 9.47 Å². The third kappa shape index (κ3) is 3.23. The van der Waals surface area contributed by atoms with Crippen LogP contribution in [0.2, 0.25) is 0 Å². The van der Waals surface area contributed by atoms with Gasteiger partial charge < -0.3 is 14.4 Å². The molecule has 0 aliphatic carbocycles. The van der Waals surface area contributed by atoms with Crippen LogP contribution >= 0.6 is 0 Å². The molecule has 1 atom stereocenters. The van der Waals surface area contributed by atoms with E-state index in [0.717, 1.165) is 52.8 Å². The summed E-state index contributed by atoms with van der Waals surface area (Å²) < 4.78 is 10.9. The lowest BCUT2D eigenvalue weighted by molar-refractivity contribution is 0.0734. The summed E-state index contributed by atoms with van der Waals surface area (Å²) in [6, 6.07) is 19.9. The van der Waals surface area contributed by atoms with Gasteiger partial charge in [-0.15, -0.1) is 0 Å². The molecule has 1 aliphatic heterocycles. The van der Waals surface area contributed by atoms with E-state index in [9.17, 15) is 4.79 Å². The number of rotatable bonds is 4. The van der Waals surface area contributed by atoms with Crippen LogP contribution in [0.3, 0.4) is 0 Å². The zero-order chi connectivity index (χ0) is 18.8. The van der Waals surface area contributed by atoms with Gasteiger partial charge in [0.2, 0.25) is 0 Å². The second-order valence-electron chi connectivity index (χ2n) is 6.83. The summed E-state index contributed by atoms with van der Waals surface area (Å²) in [5, 5.41) is 2.23. The van der Waals surface area contributed by atoms with Crippen LogP contribution in [0.1, 0.15) is 34.8 Å². The summed E-state index contributed by atoms with van der Waals surface area (Å²) in [6.45, 7) is 0.755. The van der Waals surface area contributed by atoms with Crippen LogP contribution in [-0.4, -0.2) is 31.6 Å². The molecule has 1 saturated heterocycles.